The fraction of sp³-hybridized carbons (Fsp3) is 0.360. The Morgan fingerprint density at radius 3 is 1.62 bits per heavy atom. The second-order valence-electron chi connectivity index (χ2n) is 18.6. The number of carbonyl (C=O) groups is 2. The number of hydrogen-bond acceptors (Lipinski definition) is 11. The molecule has 338 valence electrons. The maximum atomic E-state index is 13.4. The van der Waals surface area contributed by atoms with Crippen molar-refractivity contribution >= 4 is 57.6 Å². The molecule has 0 aliphatic heterocycles. The van der Waals surface area contributed by atoms with Crippen LogP contribution in [0.25, 0.3) is 33.8 Å². The smallest absolute Gasteiger partial charge is 0.177 e. The number of halogens is 2. The summed E-state index contributed by atoms with van der Waals surface area (Å²) in [6, 6.07) is 21.5. The molecule has 4 aromatic heterocycles. The molecule has 4 N–H and O–H groups in total. The lowest BCUT2D eigenvalue weighted by atomic mass is 9.98. The van der Waals surface area contributed by atoms with E-state index in [1.165, 1.54) is 36.7 Å². The molecule has 0 amide bonds. The highest BCUT2D eigenvalue weighted by atomic mass is 35.5. The minimum Gasteiger partial charge on any atom is -0.389 e. The first-order chi connectivity index (χ1) is 30.9. The van der Waals surface area contributed by atoms with Crippen molar-refractivity contribution in [2.24, 2.45) is 11.8 Å². The minimum atomic E-state index is -0.917. The SMILES string of the molecule is Cc1cc(-c2cnc3c(NCC(C)(C)O)cc(Cl)nn23)ccc1C(=O)CC1CC1.Cc1cc(-c2cnc3c(NCC(C)(C)O)cc(Sc4ccc(F)cc4)nn23)ccc1C(=O)CC1CC1. The third kappa shape index (κ3) is 11.6. The van der Waals surface area contributed by atoms with E-state index in [0.717, 1.165) is 68.2 Å². The van der Waals surface area contributed by atoms with Crippen LogP contribution in [0.1, 0.15) is 98.1 Å². The summed E-state index contributed by atoms with van der Waals surface area (Å²) in [6.45, 7) is 11.5. The molecule has 15 heteroatoms. The summed E-state index contributed by atoms with van der Waals surface area (Å²) in [5.41, 5.74) is 7.75. The van der Waals surface area contributed by atoms with E-state index in [-0.39, 0.29) is 17.4 Å². The van der Waals surface area contributed by atoms with Crippen LogP contribution in [0.15, 0.2) is 95.1 Å². The Kier molecular flexibility index (Phi) is 13.2. The van der Waals surface area contributed by atoms with Gasteiger partial charge in [0.2, 0.25) is 0 Å². The number of carbonyl (C=O) groups excluding carboxylic acids is 2. The van der Waals surface area contributed by atoms with Gasteiger partial charge in [-0.15, -0.1) is 0 Å². The molecule has 3 aromatic carbocycles. The lowest BCUT2D eigenvalue weighted by Gasteiger charge is -2.19. The van der Waals surface area contributed by atoms with Gasteiger partial charge in [0.15, 0.2) is 28.0 Å². The van der Waals surface area contributed by atoms with Gasteiger partial charge in [-0.05, 0) is 133 Å². The third-order valence-corrected chi connectivity index (χ3v) is 12.4. The zero-order chi connectivity index (χ0) is 46.2. The van der Waals surface area contributed by atoms with Crippen LogP contribution in [0.3, 0.4) is 0 Å². The maximum absolute atomic E-state index is 13.4. The molecule has 0 atom stereocenters. The van der Waals surface area contributed by atoms with Crippen molar-refractivity contribution in [1.82, 2.24) is 29.2 Å². The van der Waals surface area contributed by atoms with Crippen LogP contribution in [0, 0.1) is 31.5 Å². The van der Waals surface area contributed by atoms with Gasteiger partial charge in [0.25, 0.3) is 0 Å². The summed E-state index contributed by atoms with van der Waals surface area (Å²) in [5, 5.41) is 37.0. The molecule has 65 heavy (non-hydrogen) atoms. The molecule has 2 aliphatic rings. The van der Waals surface area contributed by atoms with Gasteiger partial charge in [0.05, 0.1) is 46.4 Å². The quantitative estimate of drug-likeness (QED) is 0.0684. The van der Waals surface area contributed by atoms with Crippen LogP contribution >= 0.6 is 23.4 Å². The lowest BCUT2D eigenvalue weighted by molar-refractivity contribution is 0.0939. The van der Waals surface area contributed by atoms with E-state index in [2.05, 4.69) is 25.7 Å². The molecule has 7 aromatic rings. The molecular formula is C50H54ClFN8O4S. The van der Waals surface area contributed by atoms with Crippen LogP contribution in [0.4, 0.5) is 15.8 Å². The van der Waals surface area contributed by atoms with Crippen molar-refractivity contribution in [3.8, 4) is 22.5 Å². The van der Waals surface area contributed by atoms with Crippen LogP contribution in [-0.4, -0.2) is 75.3 Å². The van der Waals surface area contributed by atoms with Gasteiger partial charge in [-0.3, -0.25) is 9.59 Å². The molecule has 2 fully saturated rings. The number of nitrogens with one attached hydrogen (secondary N) is 2. The third-order valence-electron chi connectivity index (χ3n) is 11.3. The van der Waals surface area contributed by atoms with Gasteiger partial charge < -0.3 is 20.8 Å². The van der Waals surface area contributed by atoms with E-state index in [4.69, 9.17) is 16.7 Å². The number of benzene rings is 3. The Morgan fingerprint density at radius 2 is 1.17 bits per heavy atom. The van der Waals surface area contributed by atoms with Crippen LogP contribution in [0.5, 0.6) is 0 Å². The average Bonchev–Trinajstić information content (AvgIpc) is 4.16. The van der Waals surface area contributed by atoms with Crippen LogP contribution < -0.4 is 10.6 Å². The topological polar surface area (TPSA) is 159 Å². The predicted molar refractivity (Wildman–Crippen MR) is 255 cm³/mol. The molecule has 0 bridgehead atoms. The van der Waals surface area contributed by atoms with E-state index in [1.54, 1.807) is 67.3 Å². The summed E-state index contributed by atoms with van der Waals surface area (Å²) in [4.78, 5) is 35.1. The zero-order valence-corrected chi connectivity index (χ0v) is 39.0. The van der Waals surface area contributed by atoms with E-state index in [9.17, 15) is 24.2 Å². The number of ketones is 2. The van der Waals surface area contributed by atoms with Gasteiger partial charge >= 0.3 is 0 Å². The van der Waals surface area contributed by atoms with Crippen molar-refractivity contribution in [2.45, 2.75) is 101 Å². The number of rotatable bonds is 16. The van der Waals surface area contributed by atoms with E-state index >= 15 is 0 Å². The summed E-state index contributed by atoms with van der Waals surface area (Å²) in [6.07, 6.45) is 9.42. The molecule has 0 radical (unpaired) electrons. The summed E-state index contributed by atoms with van der Waals surface area (Å²) in [5.74, 6) is 1.25. The number of anilines is 2. The fourth-order valence-corrected chi connectivity index (χ4v) is 8.49. The highest BCUT2D eigenvalue weighted by Crippen LogP contribution is 2.37. The monoisotopic (exact) mass is 916 g/mol. The Hall–Kier alpha value is -5.67. The summed E-state index contributed by atoms with van der Waals surface area (Å²) < 4.78 is 16.9. The standard InChI is InChI=1S/C28H29FN4O2S.C22H25ClN4O2/c1-17-12-19(6-11-22(17)25(34)13-18-4-5-18)24-15-30-27-23(31-16-28(2,3)35)14-26(32-33(24)27)36-21-9-7-20(29)8-10-21;1-13-8-15(6-7-16(13)19(28)9-14-4-5-14)18-11-24-21-17(25-12-22(2,3)29)10-20(23)26-27(18)21/h6-12,14-15,18,31,35H,4-5,13,16H2,1-3H3;6-8,10-11,14,25,29H,4-5,9,12H2,1-3H3. The number of fused-ring (bicyclic) bond motifs is 2. The summed E-state index contributed by atoms with van der Waals surface area (Å²) >= 11 is 7.65. The first-order valence-corrected chi connectivity index (χ1v) is 23.1. The van der Waals surface area contributed by atoms with Gasteiger partial charge in [0.1, 0.15) is 10.8 Å². The number of hydrogen-bond donors (Lipinski definition) is 4. The predicted octanol–water partition coefficient (Wildman–Crippen LogP) is 10.7. The first kappa shape index (κ1) is 45.9. The molecule has 9 rings (SSSR count). The molecule has 4 heterocycles. The second-order valence-corrected chi connectivity index (χ2v) is 20.1. The molecule has 0 saturated heterocycles. The van der Waals surface area contributed by atoms with Crippen molar-refractivity contribution in [3.63, 3.8) is 0 Å². The van der Waals surface area contributed by atoms with Crippen molar-refractivity contribution in [3.05, 3.63) is 118 Å². The largest absolute Gasteiger partial charge is 0.389 e. The van der Waals surface area contributed by atoms with Gasteiger partial charge in [-0.1, -0.05) is 47.6 Å². The highest BCUT2D eigenvalue weighted by molar-refractivity contribution is 7.99. The lowest BCUT2D eigenvalue weighted by Crippen LogP contribution is -2.29. The summed E-state index contributed by atoms with van der Waals surface area (Å²) in [7, 11) is 0. The number of Topliss-reactive ketones (excluding diaryl/α,β-unsaturated/α-hetero) is 2. The Bertz CT molecular complexity index is 2890. The zero-order valence-electron chi connectivity index (χ0n) is 37.5. The number of aryl methyl sites for hydroxylation is 2. The van der Waals surface area contributed by atoms with E-state index < -0.39 is 11.2 Å². The number of aliphatic hydroxyl groups is 2. The van der Waals surface area contributed by atoms with Crippen LogP contribution in [-0.2, 0) is 0 Å². The van der Waals surface area contributed by atoms with Crippen molar-refractivity contribution < 1.29 is 24.2 Å². The van der Waals surface area contributed by atoms with Crippen LogP contribution in [0.2, 0.25) is 5.15 Å². The van der Waals surface area contributed by atoms with Gasteiger partial charge in [-0.25, -0.2) is 23.4 Å². The minimum absolute atomic E-state index is 0.203. The number of aromatic nitrogens is 6. The molecule has 12 nitrogen and oxygen atoms in total. The fourth-order valence-electron chi connectivity index (χ4n) is 7.49. The van der Waals surface area contributed by atoms with E-state index in [1.807, 2.05) is 56.3 Å². The van der Waals surface area contributed by atoms with Gasteiger partial charge in [0, 0.05) is 59.1 Å². The molecule has 2 aliphatic carbocycles. The highest BCUT2D eigenvalue weighted by Gasteiger charge is 2.27. The molecular weight excluding hydrogens is 863 g/mol. The second kappa shape index (κ2) is 18.7. The maximum Gasteiger partial charge on any atom is 0.177 e. The number of nitrogens with zero attached hydrogens (tertiary/aromatic N) is 6. The first-order valence-electron chi connectivity index (χ1n) is 21.9. The molecule has 0 spiro atoms. The van der Waals surface area contributed by atoms with E-state index in [0.29, 0.717) is 64.9 Å². The van der Waals surface area contributed by atoms with Crippen molar-refractivity contribution in [1.29, 1.82) is 0 Å². The molecule has 2 saturated carbocycles. The van der Waals surface area contributed by atoms with Crippen molar-refractivity contribution in [2.75, 3.05) is 23.7 Å². The normalized spacial score (nSPS) is 14.1. The Labute approximate surface area is 387 Å². The average molecular weight is 918 g/mol. The number of imidazole rings is 2. The molecule has 0 unspecified atom stereocenters. The Morgan fingerprint density at radius 1 is 0.708 bits per heavy atom. The Balaban J connectivity index is 0.000000181. The van der Waals surface area contributed by atoms with Gasteiger partial charge in [-0.2, -0.15) is 10.2 Å².